The van der Waals surface area contributed by atoms with E-state index in [2.05, 4.69) is 16.7 Å². The van der Waals surface area contributed by atoms with E-state index >= 15 is 0 Å². The van der Waals surface area contributed by atoms with Crippen LogP contribution in [0.5, 0.6) is 11.5 Å². The number of amides is 2. The topological polar surface area (TPSA) is 112 Å². The van der Waals surface area contributed by atoms with E-state index in [1.54, 1.807) is 17.9 Å². The van der Waals surface area contributed by atoms with Crippen LogP contribution in [0.1, 0.15) is 18.9 Å². The molecule has 192 valence electrons. The second-order valence-electron chi connectivity index (χ2n) is 8.13. The van der Waals surface area contributed by atoms with Crippen LogP contribution in [0.15, 0.2) is 23.9 Å². The molecule has 0 bridgehead atoms. The monoisotopic (exact) mass is 533 g/mol. The molecule has 2 aliphatic rings. The van der Waals surface area contributed by atoms with Crippen molar-refractivity contribution >= 4 is 46.4 Å². The largest absolute Gasteiger partial charge is 0.495 e. The van der Waals surface area contributed by atoms with Crippen LogP contribution in [0, 0.1) is 17.3 Å². The summed E-state index contributed by atoms with van der Waals surface area (Å²) in [6.45, 7) is 5.29. The standard InChI is InChI=1S/C25H29Cl2N5O4/c1-4-6-20(33)31-11-9-30(10-12-31)7-5-8-32-24(29)16(15-28)13-17(25(32)34)21-22(26)18(35-2)14-19(36-3)23(21)27/h13-15,29H,5,7-12,28H2,1-3H3/b16-15-,29-24?. The number of benzene rings is 1. The molecular formula is C25H29Cl2N5O4. The SMILES string of the molecule is CC#CC(=O)N1CCN(CCCN2C(=N)/C(=C\N)C=C(c3c(Cl)c(OC)cc(OC)c3Cl)C2=O)CC1. The first-order valence-corrected chi connectivity index (χ1v) is 12.1. The van der Waals surface area contributed by atoms with Gasteiger partial charge in [0, 0.05) is 56.1 Å². The van der Waals surface area contributed by atoms with Crippen molar-refractivity contribution in [3.05, 3.63) is 39.5 Å². The quantitative estimate of drug-likeness (QED) is 0.521. The lowest BCUT2D eigenvalue weighted by Gasteiger charge is -2.34. The van der Waals surface area contributed by atoms with Gasteiger partial charge in [0.2, 0.25) is 0 Å². The van der Waals surface area contributed by atoms with Crippen molar-refractivity contribution in [3.63, 3.8) is 0 Å². The molecule has 0 saturated carbocycles. The van der Waals surface area contributed by atoms with E-state index in [0.29, 0.717) is 49.7 Å². The molecule has 0 atom stereocenters. The molecule has 2 amide bonds. The molecule has 0 radical (unpaired) electrons. The Morgan fingerprint density at radius 1 is 1.14 bits per heavy atom. The average Bonchev–Trinajstić information content (AvgIpc) is 2.88. The van der Waals surface area contributed by atoms with Gasteiger partial charge in [0.05, 0.1) is 29.8 Å². The van der Waals surface area contributed by atoms with Crippen LogP contribution in [0.4, 0.5) is 0 Å². The highest BCUT2D eigenvalue weighted by molar-refractivity contribution is 6.43. The molecule has 3 N–H and O–H groups in total. The lowest BCUT2D eigenvalue weighted by atomic mass is 9.96. The zero-order valence-corrected chi connectivity index (χ0v) is 22.0. The average molecular weight is 534 g/mol. The molecule has 1 aromatic carbocycles. The van der Waals surface area contributed by atoms with Gasteiger partial charge in [-0.1, -0.05) is 29.1 Å². The van der Waals surface area contributed by atoms with Crippen molar-refractivity contribution in [3.8, 4) is 23.3 Å². The molecule has 0 unspecified atom stereocenters. The third kappa shape index (κ3) is 5.62. The molecule has 1 fully saturated rings. The highest BCUT2D eigenvalue weighted by Crippen LogP contribution is 2.45. The van der Waals surface area contributed by atoms with Crippen molar-refractivity contribution in [2.75, 3.05) is 53.5 Å². The third-order valence-electron chi connectivity index (χ3n) is 6.09. The third-order valence-corrected chi connectivity index (χ3v) is 6.84. The van der Waals surface area contributed by atoms with Crippen LogP contribution in [-0.2, 0) is 9.59 Å². The molecule has 2 aliphatic heterocycles. The van der Waals surface area contributed by atoms with Gasteiger partial charge in [0.15, 0.2) is 0 Å². The summed E-state index contributed by atoms with van der Waals surface area (Å²) in [5.74, 6) is 5.24. The van der Waals surface area contributed by atoms with Gasteiger partial charge in [-0.05, 0) is 31.9 Å². The molecule has 11 heteroatoms. The van der Waals surface area contributed by atoms with Gasteiger partial charge in [0.25, 0.3) is 11.8 Å². The van der Waals surface area contributed by atoms with Gasteiger partial charge in [-0.3, -0.25) is 24.8 Å². The van der Waals surface area contributed by atoms with E-state index in [4.69, 9.17) is 43.8 Å². The van der Waals surface area contributed by atoms with Crippen molar-refractivity contribution in [1.82, 2.24) is 14.7 Å². The number of carbonyl (C=O) groups is 2. The van der Waals surface area contributed by atoms with Gasteiger partial charge in [-0.15, -0.1) is 0 Å². The van der Waals surface area contributed by atoms with E-state index < -0.39 is 5.91 Å². The summed E-state index contributed by atoms with van der Waals surface area (Å²) in [5.41, 5.74) is 6.60. The fraction of sp³-hybridized carbons (Fsp3) is 0.400. The summed E-state index contributed by atoms with van der Waals surface area (Å²) in [6.07, 6.45) is 3.39. The van der Waals surface area contributed by atoms with Gasteiger partial charge in [-0.2, -0.15) is 0 Å². The van der Waals surface area contributed by atoms with Gasteiger partial charge < -0.3 is 20.1 Å². The zero-order chi connectivity index (χ0) is 26.4. The Bertz CT molecular complexity index is 1150. The van der Waals surface area contributed by atoms with Crippen LogP contribution < -0.4 is 15.2 Å². The number of nitrogens with one attached hydrogen (secondary N) is 1. The molecule has 36 heavy (non-hydrogen) atoms. The van der Waals surface area contributed by atoms with Crippen molar-refractivity contribution < 1.29 is 19.1 Å². The second-order valence-corrected chi connectivity index (χ2v) is 8.89. The Kier molecular flexibility index (Phi) is 9.26. The number of rotatable bonds is 7. The van der Waals surface area contributed by atoms with Crippen LogP contribution in [-0.4, -0.2) is 85.8 Å². The Morgan fingerprint density at radius 2 is 1.75 bits per heavy atom. The molecule has 1 saturated heterocycles. The van der Waals surface area contributed by atoms with Crippen molar-refractivity contribution in [2.45, 2.75) is 13.3 Å². The molecule has 0 spiro atoms. The number of methoxy groups -OCH3 is 2. The number of ether oxygens (including phenoxy) is 2. The second kappa shape index (κ2) is 12.2. The van der Waals surface area contributed by atoms with Gasteiger partial charge in [0.1, 0.15) is 17.3 Å². The Balaban J connectivity index is 1.76. The maximum absolute atomic E-state index is 13.5. The van der Waals surface area contributed by atoms with E-state index in [-0.39, 0.29) is 32.9 Å². The minimum atomic E-state index is -0.418. The predicted molar refractivity (Wildman–Crippen MR) is 140 cm³/mol. The number of nitrogens with zero attached hydrogens (tertiary/aromatic N) is 3. The zero-order valence-electron chi connectivity index (χ0n) is 20.5. The van der Waals surface area contributed by atoms with Gasteiger partial charge in [-0.25, -0.2) is 0 Å². The molecule has 0 aromatic heterocycles. The summed E-state index contributed by atoms with van der Waals surface area (Å²) in [5, 5.41) is 8.83. The van der Waals surface area contributed by atoms with Crippen LogP contribution in [0.2, 0.25) is 10.0 Å². The van der Waals surface area contributed by atoms with Crippen molar-refractivity contribution in [1.29, 1.82) is 5.41 Å². The fourth-order valence-electron chi connectivity index (χ4n) is 4.14. The number of amidine groups is 1. The van der Waals surface area contributed by atoms with E-state index in [1.807, 2.05) is 0 Å². The minimum Gasteiger partial charge on any atom is -0.495 e. The maximum atomic E-state index is 13.5. The molecule has 0 aliphatic carbocycles. The smallest absolute Gasteiger partial charge is 0.298 e. The summed E-state index contributed by atoms with van der Waals surface area (Å²) < 4.78 is 10.7. The lowest BCUT2D eigenvalue weighted by molar-refractivity contribution is -0.127. The van der Waals surface area contributed by atoms with Crippen LogP contribution in [0.3, 0.4) is 0 Å². The number of hydrogen-bond acceptors (Lipinski definition) is 7. The van der Waals surface area contributed by atoms with Gasteiger partial charge >= 0.3 is 0 Å². The van der Waals surface area contributed by atoms with Crippen LogP contribution >= 0.6 is 23.2 Å². The number of piperazine rings is 1. The Hall–Kier alpha value is -3.19. The number of nitrogens with two attached hydrogens (primary N) is 1. The van der Waals surface area contributed by atoms with Crippen LogP contribution in [0.25, 0.3) is 5.57 Å². The first-order valence-electron chi connectivity index (χ1n) is 11.4. The lowest BCUT2D eigenvalue weighted by Crippen LogP contribution is -2.49. The minimum absolute atomic E-state index is 0.00177. The predicted octanol–water partition coefficient (Wildman–Crippen LogP) is 2.61. The number of carbonyl (C=O) groups excluding carboxylic acids is 2. The fourth-order valence-corrected chi connectivity index (χ4v) is 4.85. The Labute approximate surface area is 220 Å². The van der Waals surface area contributed by atoms with Crippen molar-refractivity contribution in [2.24, 2.45) is 5.73 Å². The maximum Gasteiger partial charge on any atom is 0.298 e. The molecule has 9 nitrogen and oxygen atoms in total. The molecule has 3 rings (SSSR count). The highest BCUT2D eigenvalue weighted by Gasteiger charge is 2.33. The first-order chi connectivity index (χ1) is 17.3. The number of halogens is 2. The molecule has 2 heterocycles. The molecular weight excluding hydrogens is 505 g/mol. The first kappa shape index (κ1) is 27.4. The summed E-state index contributed by atoms with van der Waals surface area (Å²) in [7, 11) is 2.91. The normalized spacial score (nSPS) is 17.6. The van der Waals surface area contributed by atoms with E-state index in [1.165, 1.54) is 31.4 Å². The highest BCUT2D eigenvalue weighted by atomic mass is 35.5. The summed E-state index contributed by atoms with van der Waals surface area (Å²) >= 11 is 13.1. The van der Waals surface area contributed by atoms with E-state index in [9.17, 15) is 9.59 Å². The summed E-state index contributed by atoms with van der Waals surface area (Å²) in [4.78, 5) is 30.8. The number of hydrogen-bond donors (Lipinski definition) is 2. The Morgan fingerprint density at radius 3 is 2.28 bits per heavy atom. The molecule has 1 aromatic rings. The van der Waals surface area contributed by atoms with E-state index in [0.717, 1.165) is 13.1 Å². The summed E-state index contributed by atoms with van der Waals surface area (Å²) in [6, 6.07) is 1.55.